The van der Waals surface area contributed by atoms with Gasteiger partial charge >= 0.3 is 0 Å². The number of ether oxygens (including phenoxy) is 1. The Hall–Kier alpha value is -4.44. The molecule has 0 radical (unpaired) electrons. The van der Waals surface area contributed by atoms with E-state index < -0.39 is 5.92 Å². The van der Waals surface area contributed by atoms with E-state index in [1.807, 2.05) is 43.3 Å². The lowest BCUT2D eigenvalue weighted by atomic mass is 9.82. The molecule has 5 rings (SSSR count). The zero-order valence-corrected chi connectivity index (χ0v) is 26.8. The predicted molar refractivity (Wildman–Crippen MR) is 181 cm³/mol. The van der Waals surface area contributed by atoms with Crippen LogP contribution in [0.25, 0.3) is 0 Å². The first-order chi connectivity index (χ1) is 21.3. The van der Waals surface area contributed by atoms with E-state index in [4.69, 9.17) is 16.3 Å². The number of thioether (sulfide) groups is 1. The van der Waals surface area contributed by atoms with Gasteiger partial charge in [0.15, 0.2) is 0 Å². The number of hydrogen-bond acceptors (Lipinski definition) is 5. The molecule has 0 fully saturated rings. The van der Waals surface area contributed by atoms with Gasteiger partial charge in [-0.05, 0) is 67.6 Å². The number of rotatable bonds is 9. The molecule has 1 heterocycles. The Morgan fingerprint density at radius 1 is 0.955 bits per heavy atom. The molecule has 4 aromatic rings. The van der Waals surface area contributed by atoms with Crippen molar-refractivity contribution in [2.45, 2.75) is 38.9 Å². The summed E-state index contributed by atoms with van der Waals surface area (Å²) < 4.78 is 5.45. The second kappa shape index (κ2) is 13.9. The number of hydrogen-bond donors (Lipinski definition) is 2. The van der Waals surface area contributed by atoms with Crippen LogP contribution in [0.15, 0.2) is 113 Å². The number of benzene rings is 4. The molecule has 0 aliphatic carbocycles. The fourth-order valence-corrected chi connectivity index (χ4v) is 7.07. The third kappa shape index (κ3) is 6.86. The Labute approximate surface area is 268 Å². The zero-order chi connectivity index (χ0) is 31.2. The molecule has 2 N–H and O–H groups in total. The van der Waals surface area contributed by atoms with E-state index in [0.29, 0.717) is 49.6 Å². The van der Waals surface area contributed by atoms with E-state index in [9.17, 15) is 10.1 Å². The molecule has 1 amide bonds. The maximum Gasteiger partial charge on any atom is 0.254 e. The Kier molecular flexibility index (Phi) is 9.79. The van der Waals surface area contributed by atoms with Gasteiger partial charge in [0.1, 0.15) is 5.75 Å². The Morgan fingerprint density at radius 2 is 1.61 bits per heavy atom. The number of anilines is 1. The fourth-order valence-electron chi connectivity index (χ4n) is 5.70. The summed E-state index contributed by atoms with van der Waals surface area (Å²) in [5.74, 6) is 0.210. The normalized spacial score (nSPS) is 14.6. The van der Waals surface area contributed by atoms with Crippen LogP contribution in [0.2, 0.25) is 5.02 Å². The highest BCUT2D eigenvalue weighted by Gasteiger charge is 2.36. The van der Waals surface area contributed by atoms with Crippen LogP contribution in [0.4, 0.5) is 5.69 Å². The molecule has 1 aliphatic heterocycles. The maximum absolute atomic E-state index is 13.9. The number of aryl methyl sites for hydroxylation is 2. The molecular formula is C37H34ClN3O2S. The van der Waals surface area contributed by atoms with Crippen molar-refractivity contribution in [1.82, 2.24) is 5.32 Å². The van der Waals surface area contributed by atoms with Gasteiger partial charge in [-0.2, -0.15) is 5.26 Å². The van der Waals surface area contributed by atoms with Crippen LogP contribution < -0.4 is 15.4 Å². The Balaban J connectivity index is 1.48. The third-order valence-corrected chi connectivity index (χ3v) is 9.04. The first-order valence-electron chi connectivity index (χ1n) is 14.4. The number of nitrogens with zero attached hydrogens (tertiary/aromatic N) is 1. The number of carbonyl (C=O) groups is 1. The fraction of sp³-hybridized carbons (Fsp3) is 0.189. The van der Waals surface area contributed by atoms with E-state index in [0.717, 1.165) is 6.42 Å². The minimum atomic E-state index is -0.655. The average Bonchev–Trinajstić information content (AvgIpc) is 3.00. The van der Waals surface area contributed by atoms with Crippen LogP contribution in [-0.4, -0.2) is 13.0 Å². The number of para-hydroxylation sites is 2. The molecule has 0 saturated heterocycles. The molecule has 5 nitrogen and oxygen atoms in total. The molecule has 4 aromatic carbocycles. The quantitative estimate of drug-likeness (QED) is 0.196. The van der Waals surface area contributed by atoms with Gasteiger partial charge in [0.05, 0.1) is 35.4 Å². The van der Waals surface area contributed by atoms with Crippen LogP contribution in [0.3, 0.4) is 0 Å². The molecule has 0 aromatic heterocycles. The molecule has 0 spiro atoms. The SMILES string of the molecule is COc1ccccc1NC(=O)C1=C(C)NC(SCc2ccccc2Cc2cc(C)cc(C)c2)=C(C#N)C1c1ccccc1Cl. The smallest absolute Gasteiger partial charge is 0.254 e. The van der Waals surface area contributed by atoms with Crippen molar-refractivity contribution in [1.29, 1.82) is 5.26 Å². The van der Waals surface area contributed by atoms with Crippen molar-refractivity contribution in [3.63, 3.8) is 0 Å². The highest BCUT2D eigenvalue weighted by Crippen LogP contribution is 2.44. The molecule has 1 atom stereocenters. The summed E-state index contributed by atoms with van der Waals surface area (Å²) in [7, 11) is 1.56. The van der Waals surface area contributed by atoms with Crippen LogP contribution in [0.5, 0.6) is 5.75 Å². The van der Waals surface area contributed by atoms with E-state index in [1.54, 1.807) is 37.1 Å². The summed E-state index contributed by atoms with van der Waals surface area (Å²) in [5.41, 5.74) is 8.99. The lowest BCUT2D eigenvalue weighted by molar-refractivity contribution is -0.113. The predicted octanol–water partition coefficient (Wildman–Crippen LogP) is 8.82. The molecule has 44 heavy (non-hydrogen) atoms. The Bertz CT molecular complexity index is 1800. The molecule has 1 unspecified atom stereocenters. The van der Waals surface area contributed by atoms with Gasteiger partial charge in [-0.1, -0.05) is 95.5 Å². The summed E-state index contributed by atoms with van der Waals surface area (Å²) in [4.78, 5) is 13.9. The summed E-state index contributed by atoms with van der Waals surface area (Å²) >= 11 is 8.28. The lowest BCUT2D eigenvalue weighted by Crippen LogP contribution is -2.31. The monoisotopic (exact) mass is 619 g/mol. The van der Waals surface area contributed by atoms with Gasteiger partial charge in [-0.3, -0.25) is 4.79 Å². The number of carbonyl (C=O) groups excluding carboxylic acids is 1. The van der Waals surface area contributed by atoms with E-state index in [2.05, 4.69) is 66.9 Å². The summed E-state index contributed by atoms with van der Waals surface area (Å²) in [6.07, 6.45) is 0.825. The summed E-state index contributed by atoms with van der Waals surface area (Å²) in [6, 6.07) is 32.1. The van der Waals surface area contributed by atoms with Gasteiger partial charge in [0, 0.05) is 22.0 Å². The molecule has 0 saturated carbocycles. The third-order valence-electron chi connectivity index (χ3n) is 7.63. The van der Waals surface area contributed by atoms with E-state index in [-0.39, 0.29) is 5.91 Å². The first kappa shape index (κ1) is 31.0. The summed E-state index contributed by atoms with van der Waals surface area (Å²) in [5, 5.41) is 18.2. The summed E-state index contributed by atoms with van der Waals surface area (Å²) in [6.45, 7) is 6.11. The maximum atomic E-state index is 13.9. The molecule has 7 heteroatoms. The lowest BCUT2D eigenvalue weighted by Gasteiger charge is -2.30. The van der Waals surface area contributed by atoms with Gasteiger partial charge in [0.25, 0.3) is 5.91 Å². The topological polar surface area (TPSA) is 74.2 Å². The standard InChI is InChI=1S/C37H34ClN3O2S/c1-23-17-24(2)19-26(18-23)20-27-11-5-6-12-28(27)22-44-37-30(21-39)35(29-13-7-8-14-31(29)38)34(25(3)40-37)36(42)41-32-15-9-10-16-33(32)43-4/h5-19,35,40H,20,22H2,1-4H3,(H,41,42). The van der Waals surface area contributed by atoms with E-state index in [1.165, 1.54) is 27.8 Å². The van der Waals surface area contributed by atoms with Gasteiger partial charge in [-0.25, -0.2) is 0 Å². The Morgan fingerprint density at radius 3 is 2.32 bits per heavy atom. The molecular weight excluding hydrogens is 586 g/mol. The average molecular weight is 620 g/mol. The number of nitriles is 1. The van der Waals surface area contributed by atoms with Crippen LogP contribution >= 0.6 is 23.4 Å². The molecule has 1 aliphatic rings. The molecule has 0 bridgehead atoms. The number of amides is 1. The molecule has 222 valence electrons. The van der Waals surface area contributed by atoms with Crippen molar-refractivity contribution in [3.05, 3.63) is 151 Å². The zero-order valence-electron chi connectivity index (χ0n) is 25.2. The minimum Gasteiger partial charge on any atom is -0.495 e. The van der Waals surface area contributed by atoms with Crippen molar-refractivity contribution >= 4 is 35.0 Å². The van der Waals surface area contributed by atoms with Crippen LogP contribution in [0, 0.1) is 25.2 Å². The van der Waals surface area contributed by atoms with Crippen molar-refractivity contribution < 1.29 is 9.53 Å². The van der Waals surface area contributed by atoms with Gasteiger partial charge < -0.3 is 15.4 Å². The van der Waals surface area contributed by atoms with Crippen molar-refractivity contribution in [3.8, 4) is 11.8 Å². The van der Waals surface area contributed by atoms with Crippen LogP contribution in [-0.2, 0) is 17.0 Å². The van der Waals surface area contributed by atoms with Gasteiger partial charge in [-0.15, -0.1) is 11.8 Å². The van der Waals surface area contributed by atoms with E-state index >= 15 is 0 Å². The number of nitrogens with one attached hydrogen (secondary N) is 2. The second-order valence-corrected chi connectivity index (χ2v) is 12.3. The highest BCUT2D eigenvalue weighted by atomic mass is 35.5. The van der Waals surface area contributed by atoms with Crippen molar-refractivity contribution in [2.75, 3.05) is 12.4 Å². The number of allylic oxidation sites excluding steroid dienone is 2. The number of halogens is 1. The number of methoxy groups -OCH3 is 1. The largest absolute Gasteiger partial charge is 0.495 e. The van der Waals surface area contributed by atoms with Gasteiger partial charge in [0.2, 0.25) is 0 Å². The van der Waals surface area contributed by atoms with Crippen LogP contribution in [0.1, 0.15) is 46.2 Å². The first-order valence-corrected chi connectivity index (χ1v) is 15.7. The second-order valence-electron chi connectivity index (χ2n) is 10.9. The minimum absolute atomic E-state index is 0.333. The number of dihydropyridines is 1. The van der Waals surface area contributed by atoms with Crippen molar-refractivity contribution in [2.24, 2.45) is 0 Å². The highest BCUT2D eigenvalue weighted by molar-refractivity contribution is 8.02.